The summed E-state index contributed by atoms with van der Waals surface area (Å²) in [6.45, 7) is 4.60. The van der Waals surface area contributed by atoms with Gasteiger partial charge in [0.2, 0.25) is 5.13 Å². The first kappa shape index (κ1) is 28.5. The molecule has 0 radical (unpaired) electrons. The fourth-order valence-electron chi connectivity index (χ4n) is 4.38. The van der Waals surface area contributed by atoms with E-state index in [1.54, 1.807) is 48.5 Å². The highest BCUT2D eigenvalue weighted by molar-refractivity contribution is 8.00. The molecule has 1 atom stereocenters. The number of aromatic nitrogens is 2. The number of amides is 1. The second-order valence-electron chi connectivity index (χ2n) is 9.57. The number of aliphatic hydroxyl groups excluding tert-OH is 1. The van der Waals surface area contributed by atoms with Crippen molar-refractivity contribution >= 4 is 45.7 Å². The summed E-state index contributed by atoms with van der Waals surface area (Å²) in [7, 11) is 0. The van der Waals surface area contributed by atoms with Crippen LogP contribution in [0.1, 0.15) is 48.1 Å². The van der Waals surface area contributed by atoms with Crippen molar-refractivity contribution in [2.75, 3.05) is 11.5 Å². The van der Waals surface area contributed by atoms with E-state index in [2.05, 4.69) is 17.1 Å². The highest BCUT2D eigenvalue weighted by atomic mass is 32.2. The molecular weight excluding hydrogens is 561 g/mol. The number of aryl methyl sites for hydroxylation is 1. The fourth-order valence-corrected chi connectivity index (χ4v) is 6.20. The monoisotopic (exact) mass is 589 g/mol. The Kier molecular flexibility index (Phi) is 8.80. The Balaban J connectivity index is 1.50. The minimum absolute atomic E-state index is 0.0192. The summed E-state index contributed by atoms with van der Waals surface area (Å²) in [5.41, 5.74) is 2.95. The van der Waals surface area contributed by atoms with Gasteiger partial charge in [0, 0.05) is 11.3 Å². The molecule has 1 fully saturated rings. The summed E-state index contributed by atoms with van der Waals surface area (Å²) < 4.78 is 19.6. The number of hydrogen-bond acceptors (Lipinski definition) is 8. The zero-order valence-corrected chi connectivity index (χ0v) is 24.2. The molecule has 5 rings (SSSR count). The maximum atomic E-state index is 13.5. The number of thioether (sulfide) groups is 1. The van der Waals surface area contributed by atoms with Gasteiger partial charge in [0.15, 0.2) is 4.34 Å². The predicted molar refractivity (Wildman–Crippen MR) is 159 cm³/mol. The Bertz CT molecular complexity index is 1570. The number of nitrogens with zero attached hydrogens (tertiary/aromatic N) is 3. The van der Waals surface area contributed by atoms with Crippen LogP contribution < -0.4 is 9.64 Å². The standard InChI is InChI=1S/C31H28FN3O4S2/c1-3-4-17-39-24-15-11-21(12-16-24)26-25(27(36)22-9-5-19(2)6-10-22)28(37)29(38)35(26)30-33-34-31(41-30)40-18-20-7-13-23(32)14-8-20/h5-16,26,36H,3-4,17-18H2,1-2H3/b27-25-. The van der Waals surface area contributed by atoms with Crippen molar-refractivity contribution in [1.29, 1.82) is 0 Å². The highest BCUT2D eigenvalue weighted by Gasteiger charge is 2.48. The van der Waals surface area contributed by atoms with Gasteiger partial charge in [-0.3, -0.25) is 14.5 Å². The number of carbonyl (C=O) groups excluding carboxylic acids is 2. The lowest BCUT2D eigenvalue weighted by molar-refractivity contribution is -0.132. The molecule has 1 N–H and O–H groups in total. The number of rotatable bonds is 10. The van der Waals surface area contributed by atoms with Crippen LogP contribution in [-0.2, 0) is 15.3 Å². The first-order valence-corrected chi connectivity index (χ1v) is 15.0. The number of anilines is 1. The van der Waals surface area contributed by atoms with E-state index >= 15 is 0 Å². The first-order chi connectivity index (χ1) is 19.9. The molecule has 1 aliphatic rings. The van der Waals surface area contributed by atoms with Gasteiger partial charge in [-0.1, -0.05) is 90.5 Å². The maximum absolute atomic E-state index is 13.5. The minimum Gasteiger partial charge on any atom is -0.507 e. The molecule has 0 saturated carbocycles. The van der Waals surface area contributed by atoms with E-state index in [1.165, 1.54) is 40.1 Å². The van der Waals surface area contributed by atoms with Crippen LogP contribution >= 0.6 is 23.1 Å². The molecular formula is C31H28FN3O4S2. The van der Waals surface area contributed by atoms with Crippen LogP contribution in [0.2, 0.25) is 0 Å². The Morgan fingerprint density at radius 1 is 1.02 bits per heavy atom. The van der Waals surface area contributed by atoms with E-state index in [-0.39, 0.29) is 22.3 Å². The van der Waals surface area contributed by atoms with Crippen LogP contribution in [0.25, 0.3) is 5.76 Å². The van der Waals surface area contributed by atoms with Gasteiger partial charge in [-0.2, -0.15) is 0 Å². The van der Waals surface area contributed by atoms with Gasteiger partial charge in [-0.15, -0.1) is 10.2 Å². The second kappa shape index (κ2) is 12.7. The number of Topliss-reactive ketones (excluding diaryl/α,β-unsaturated/α-hetero) is 1. The van der Waals surface area contributed by atoms with Crippen LogP contribution in [0.3, 0.4) is 0 Å². The van der Waals surface area contributed by atoms with Crippen LogP contribution in [-0.4, -0.2) is 33.6 Å². The second-order valence-corrected chi connectivity index (χ2v) is 11.8. The molecule has 0 aliphatic carbocycles. The SMILES string of the molecule is CCCCOc1ccc(C2/C(=C(/O)c3ccc(C)cc3)C(=O)C(=O)N2c2nnc(SCc3ccc(F)cc3)s2)cc1. The van der Waals surface area contributed by atoms with E-state index in [0.29, 0.717) is 33.6 Å². The molecule has 41 heavy (non-hydrogen) atoms. The molecule has 1 amide bonds. The zero-order chi connectivity index (χ0) is 28.9. The lowest BCUT2D eigenvalue weighted by Gasteiger charge is -2.22. The van der Waals surface area contributed by atoms with Crippen molar-refractivity contribution in [2.24, 2.45) is 0 Å². The first-order valence-electron chi connectivity index (χ1n) is 13.2. The number of benzene rings is 3. The third-order valence-electron chi connectivity index (χ3n) is 6.61. The van der Waals surface area contributed by atoms with Crippen LogP contribution in [0, 0.1) is 12.7 Å². The van der Waals surface area contributed by atoms with Crippen molar-refractivity contribution in [1.82, 2.24) is 10.2 Å². The van der Waals surface area contributed by atoms with Crippen molar-refractivity contribution < 1.29 is 23.8 Å². The number of ether oxygens (including phenoxy) is 1. The van der Waals surface area contributed by atoms with Gasteiger partial charge in [0.05, 0.1) is 18.2 Å². The third-order valence-corrected chi connectivity index (χ3v) is 8.74. The third kappa shape index (κ3) is 6.34. The van der Waals surface area contributed by atoms with Gasteiger partial charge in [0.1, 0.15) is 17.3 Å². The number of ketones is 1. The van der Waals surface area contributed by atoms with Crippen molar-refractivity contribution in [3.05, 3.63) is 106 Å². The lowest BCUT2D eigenvalue weighted by Crippen LogP contribution is -2.29. The van der Waals surface area contributed by atoms with Gasteiger partial charge in [-0.05, 0) is 48.7 Å². The largest absolute Gasteiger partial charge is 0.507 e. The molecule has 3 aromatic carbocycles. The summed E-state index contributed by atoms with van der Waals surface area (Å²) in [6.07, 6.45) is 1.94. The van der Waals surface area contributed by atoms with Crippen LogP contribution in [0.15, 0.2) is 82.7 Å². The molecule has 210 valence electrons. The average molecular weight is 590 g/mol. The Morgan fingerprint density at radius 2 is 1.73 bits per heavy atom. The molecule has 4 aromatic rings. The quantitative estimate of drug-likeness (QED) is 0.0528. The van der Waals surface area contributed by atoms with Gasteiger partial charge < -0.3 is 9.84 Å². The minimum atomic E-state index is -0.913. The van der Waals surface area contributed by atoms with E-state index in [9.17, 15) is 19.1 Å². The average Bonchev–Trinajstić information content (AvgIpc) is 3.55. The maximum Gasteiger partial charge on any atom is 0.301 e. The highest BCUT2D eigenvalue weighted by Crippen LogP contribution is 2.44. The molecule has 0 bridgehead atoms. The zero-order valence-electron chi connectivity index (χ0n) is 22.5. The van der Waals surface area contributed by atoms with Crippen LogP contribution in [0.5, 0.6) is 5.75 Å². The number of aliphatic hydroxyl groups is 1. The van der Waals surface area contributed by atoms with Crippen molar-refractivity contribution in [2.45, 2.75) is 42.8 Å². The van der Waals surface area contributed by atoms with E-state index in [4.69, 9.17) is 4.74 Å². The smallest absolute Gasteiger partial charge is 0.301 e. The number of unbranched alkanes of at least 4 members (excludes halogenated alkanes) is 1. The summed E-state index contributed by atoms with van der Waals surface area (Å²) in [5.74, 6) is -0.948. The van der Waals surface area contributed by atoms with Gasteiger partial charge in [0.25, 0.3) is 5.78 Å². The van der Waals surface area contributed by atoms with Crippen LogP contribution in [0.4, 0.5) is 9.52 Å². The Hall–Kier alpha value is -4.02. The fraction of sp³-hybridized carbons (Fsp3) is 0.226. The Labute approximate surface area is 245 Å². The Morgan fingerprint density at radius 3 is 2.41 bits per heavy atom. The molecule has 10 heteroatoms. The molecule has 1 aliphatic heterocycles. The lowest BCUT2D eigenvalue weighted by atomic mass is 9.95. The molecule has 7 nitrogen and oxygen atoms in total. The van der Waals surface area contributed by atoms with Gasteiger partial charge in [-0.25, -0.2) is 4.39 Å². The molecule has 1 unspecified atom stereocenters. The molecule has 0 spiro atoms. The summed E-state index contributed by atoms with van der Waals surface area (Å²) in [6, 6.07) is 19.5. The normalized spacial score (nSPS) is 16.4. The number of halogens is 1. The van der Waals surface area contributed by atoms with Crippen molar-refractivity contribution in [3.8, 4) is 5.75 Å². The topological polar surface area (TPSA) is 92.6 Å². The summed E-state index contributed by atoms with van der Waals surface area (Å²) in [4.78, 5) is 28.2. The van der Waals surface area contributed by atoms with E-state index in [1.807, 2.05) is 19.1 Å². The van der Waals surface area contributed by atoms with Crippen molar-refractivity contribution in [3.63, 3.8) is 0 Å². The van der Waals surface area contributed by atoms with E-state index < -0.39 is 17.7 Å². The molecule has 2 heterocycles. The molecule has 1 aromatic heterocycles. The van der Waals surface area contributed by atoms with Gasteiger partial charge >= 0.3 is 5.91 Å². The number of hydrogen-bond donors (Lipinski definition) is 1. The summed E-state index contributed by atoms with van der Waals surface area (Å²) in [5, 5.41) is 20.0. The number of carbonyl (C=O) groups is 2. The predicted octanol–water partition coefficient (Wildman–Crippen LogP) is 7.08. The molecule has 1 saturated heterocycles. The summed E-state index contributed by atoms with van der Waals surface area (Å²) >= 11 is 2.57. The van der Waals surface area contributed by atoms with E-state index in [0.717, 1.165) is 24.0 Å².